The van der Waals surface area contributed by atoms with Gasteiger partial charge in [0.1, 0.15) is 0 Å². The topological polar surface area (TPSA) is 0 Å². The predicted octanol–water partition coefficient (Wildman–Crippen LogP) is 3.51. The smallest absolute Gasteiger partial charge is 0.0244 e. The van der Waals surface area contributed by atoms with Gasteiger partial charge in [-0.25, -0.2) is 0 Å². The molecule has 13 heavy (non-hydrogen) atoms. The Morgan fingerprint density at radius 3 is 2.77 bits per heavy atom. The van der Waals surface area contributed by atoms with E-state index in [2.05, 4.69) is 32.0 Å². The van der Waals surface area contributed by atoms with Crippen molar-refractivity contribution in [2.45, 2.75) is 39.5 Å². The molecular formula is C13H18. The maximum absolute atomic E-state index is 2.37. The molecule has 0 aliphatic heterocycles. The molecule has 0 saturated heterocycles. The van der Waals surface area contributed by atoms with Gasteiger partial charge in [-0.05, 0) is 36.8 Å². The Labute approximate surface area is 81.0 Å². The highest BCUT2D eigenvalue weighted by atomic mass is 14.2. The molecule has 1 aromatic rings. The van der Waals surface area contributed by atoms with Crippen LogP contribution < -0.4 is 0 Å². The van der Waals surface area contributed by atoms with E-state index in [0.29, 0.717) is 0 Å². The zero-order chi connectivity index (χ0) is 9.26. The van der Waals surface area contributed by atoms with E-state index < -0.39 is 0 Å². The minimum atomic E-state index is 0.932. The van der Waals surface area contributed by atoms with E-state index in [-0.39, 0.29) is 0 Å². The molecule has 0 nitrogen and oxygen atoms in total. The van der Waals surface area contributed by atoms with Gasteiger partial charge in [0.15, 0.2) is 0 Å². The Balaban J connectivity index is 2.16. The van der Waals surface area contributed by atoms with Gasteiger partial charge in [-0.15, -0.1) is 0 Å². The average molecular weight is 174 g/mol. The maximum atomic E-state index is 2.37. The molecule has 0 aromatic heterocycles. The van der Waals surface area contributed by atoms with Crippen molar-refractivity contribution in [3.63, 3.8) is 0 Å². The maximum Gasteiger partial charge on any atom is -0.0244 e. The molecule has 1 aromatic carbocycles. The number of benzene rings is 1. The Morgan fingerprint density at radius 2 is 2.00 bits per heavy atom. The van der Waals surface area contributed by atoms with Crippen LogP contribution >= 0.6 is 0 Å². The predicted molar refractivity (Wildman–Crippen MR) is 57.0 cm³/mol. The standard InChI is InChI=1S/C13H18/c1-3-4-11-8-12-6-5-10(2)7-13(12)9-11/h5-7,11H,3-4,8-9H2,1-2H3. The molecule has 0 saturated carbocycles. The minimum absolute atomic E-state index is 0.932. The molecule has 0 fully saturated rings. The first-order valence-corrected chi connectivity index (χ1v) is 5.38. The fourth-order valence-electron chi connectivity index (χ4n) is 2.45. The largest absolute Gasteiger partial charge is 0.0654 e. The Hall–Kier alpha value is -0.780. The van der Waals surface area contributed by atoms with Crippen molar-refractivity contribution < 1.29 is 0 Å². The molecule has 1 atom stereocenters. The Kier molecular flexibility index (Phi) is 2.39. The summed E-state index contributed by atoms with van der Waals surface area (Å²) in [6.07, 6.45) is 5.37. The van der Waals surface area contributed by atoms with Crippen LogP contribution in [0.5, 0.6) is 0 Å². The lowest BCUT2D eigenvalue weighted by atomic mass is 10.0. The van der Waals surface area contributed by atoms with Crippen LogP contribution in [-0.4, -0.2) is 0 Å². The molecule has 0 bridgehead atoms. The van der Waals surface area contributed by atoms with Gasteiger partial charge >= 0.3 is 0 Å². The minimum Gasteiger partial charge on any atom is -0.0654 e. The summed E-state index contributed by atoms with van der Waals surface area (Å²) in [7, 11) is 0. The number of fused-ring (bicyclic) bond motifs is 1. The quantitative estimate of drug-likeness (QED) is 0.643. The monoisotopic (exact) mass is 174 g/mol. The number of hydrogen-bond donors (Lipinski definition) is 0. The molecule has 0 radical (unpaired) electrons. The first-order valence-electron chi connectivity index (χ1n) is 5.38. The lowest BCUT2D eigenvalue weighted by molar-refractivity contribution is 0.507. The van der Waals surface area contributed by atoms with E-state index >= 15 is 0 Å². The summed E-state index contributed by atoms with van der Waals surface area (Å²) in [6.45, 7) is 4.47. The normalized spacial score (nSPS) is 20.3. The number of hydrogen-bond acceptors (Lipinski definition) is 0. The molecule has 0 heterocycles. The second-order valence-corrected chi connectivity index (χ2v) is 4.34. The van der Waals surface area contributed by atoms with Crippen molar-refractivity contribution in [1.82, 2.24) is 0 Å². The summed E-state index contributed by atoms with van der Waals surface area (Å²) < 4.78 is 0. The van der Waals surface area contributed by atoms with Crippen LogP contribution in [0.4, 0.5) is 0 Å². The summed E-state index contributed by atoms with van der Waals surface area (Å²) >= 11 is 0. The second-order valence-electron chi connectivity index (χ2n) is 4.34. The molecule has 0 heteroatoms. The Bertz CT molecular complexity index is 299. The highest BCUT2D eigenvalue weighted by molar-refractivity contribution is 5.35. The van der Waals surface area contributed by atoms with Crippen molar-refractivity contribution in [1.29, 1.82) is 0 Å². The molecule has 0 amide bonds. The van der Waals surface area contributed by atoms with Crippen LogP contribution in [0, 0.1) is 12.8 Å². The van der Waals surface area contributed by atoms with Crippen LogP contribution in [0.1, 0.15) is 36.5 Å². The van der Waals surface area contributed by atoms with Crippen LogP contribution in [0.25, 0.3) is 0 Å². The second kappa shape index (κ2) is 3.53. The molecule has 0 N–H and O–H groups in total. The summed E-state index contributed by atoms with van der Waals surface area (Å²) in [5.74, 6) is 0.932. The molecule has 1 aliphatic rings. The van der Waals surface area contributed by atoms with Crippen LogP contribution in [0.2, 0.25) is 0 Å². The first kappa shape index (κ1) is 8.80. The summed E-state index contributed by atoms with van der Waals surface area (Å²) in [4.78, 5) is 0. The van der Waals surface area contributed by atoms with E-state index in [1.807, 2.05) is 0 Å². The Morgan fingerprint density at radius 1 is 1.23 bits per heavy atom. The van der Waals surface area contributed by atoms with Crippen LogP contribution in [0.15, 0.2) is 18.2 Å². The van der Waals surface area contributed by atoms with Gasteiger partial charge in [0.25, 0.3) is 0 Å². The fourth-order valence-corrected chi connectivity index (χ4v) is 2.45. The lowest BCUT2D eigenvalue weighted by Gasteiger charge is -2.04. The van der Waals surface area contributed by atoms with Gasteiger partial charge in [-0.3, -0.25) is 0 Å². The zero-order valence-electron chi connectivity index (χ0n) is 8.64. The van der Waals surface area contributed by atoms with Crippen molar-refractivity contribution >= 4 is 0 Å². The van der Waals surface area contributed by atoms with Gasteiger partial charge in [-0.2, -0.15) is 0 Å². The van der Waals surface area contributed by atoms with Crippen molar-refractivity contribution in [2.24, 2.45) is 5.92 Å². The van der Waals surface area contributed by atoms with E-state index in [4.69, 9.17) is 0 Å². The summed E-state index contributed by atoms with van der Waals surface area (Å²) in [5.41, 5.74) is 4.62. The van der Waals surface area contributed by atoms with Gasteiger partial charge in [0.05, 0.1) is 0 Å². The molecule has 70 valence electrons. The van der Waals surface area contributed by atoms with E-state index in [9.17, 15) is 0 Å². The van der Waals surface area contributed by atoms with Crippen LogP contribution in [0.3, 0.4) is 0 Å². The third-order valence-corrected chi connectivity index (χ3v) is 3.08. The zero-order valence-corrected chi connectivity index (χ0v) is 8.64. The third-order valence-electron chi connectivity index (χ3n) is 3.08. The summed E-state index contributed by atoms with van der Waals surface area (Å²) in [5, 5.41) is 0. The number of rotatable bonds is 2. The van der Waals surface area contributed by atoms with Crippen LogP contribution in [-0.2, 0) is 12.8 Å². The molecule has 0 spiro atoms. The number of aryl methyl sites for hydroxylation is 1. The molecule has 1 aliphatic carbocycles. The molecular weight excluding hydrogens is 156 g/mol. The van der Waals surface area contributed by atoms with Gasteiger partial charge in [0, 0.05) is 0 Å². The highest BCUT2D eigenvalue weighted by Crippen LogP contribution is 2.29. The first-order chi connectivity index (χ1) is 6.29. The third kappa shape index (κ3) is 1.77. The fraction of sp³-hybridized carbons (Fsp3) is 0.538. The SMILES string of the molecule is CCCC1Cc2ccc(C)cc2C1. The van der Waals surface area contributed by atoms with E-state index in [1.165, 1.54) is 31.2 Å². The van der Waals surface area contributed by atoms with Crippen molar-refractivity contribution in [3.05, 3.63) is 34.9 Å². The van der Waals surface area contributed by atoms with Gasteiger partial charge < -0.3 is 0 Å². The van der Waals surface area contributed by atoms with E-state index in [0.717, 1.165) is 5.92 Å². The molecule has 2 rings (SSSR count). The highest BCUT2D eigenvalue weighted by Gasteiger charge is 2.19. The molecule has 1 unspecified atom stereocenters. The van der Waals surface area contributed by atoms with Gasteiger partial charge in [0.2, 0.25) is 0 Å². The lowest BCUT2D eigenvalue weighted by Crippen LogP contribution is -1.97. The van der Waals surface area contributed by atoms with Gasteiger partial charge in [-0.1, -0.05) is 43.5 Å². The average Bonchev–Trinajstić information content (AvgIpc) is 2.46. The van der Waals surface area contributed by atoms with Crippen molar-refractivity contribution in [3.8, 4) is 0 Å². The summed E-state index contributed by atoms with van der Waals surface area (Å²) in [6, 6.07) is 6.93. The van der Waals surface area contributed by atoms with Crippen molar-refractivity contribution in [2.75, 3.05) is 0 Å². The van der Waals surface area contributed by atoms with E-state index in [1.54, 1.807) is 11.1 Å².